The Kier molecular flexibility index (Phi) is 4.43. The molecule has 0 N–H and O–H groups in total. The quantitative estimate of drug-likeness (QED) is 0.401. The van der Waals surface area contributed by atoms with Crippen LogP contribution in [0.25, 0.3) is 10.4 Å². The molecule has 2 atom stereocenters. The third-order valence-corrected chi connectivity index (χ3v) is 4.52. The number of amides is 1. The molecule has 2 unspecified atom stereocenters. The van der Waals surface area contributed by atoms with E-state index < -0.39 is 0 Å². The summed E-state index contributed by atoms with van der Waals surface area (Å²) in [4.78, 5) is 14.2. The third-order valence-electron chi connectivity index (χ3n) is 4.52. The summed E-state index contributed by atoms with van der Waals surface area (Å²) >= 11 is 0. The van der Waals surface area contributed by atoms with E-state index in [-0.39, 0.29) is 11.8 Å². The topological polar surface area (TPSA) is 65.8 Å². The number of rotatable bonds is 2. The Morgan fingerprint density at radius 1 is 1.00 bits per heavy atom. The zero-order chi connectivity index (χ0) is 12.1. The van der Waals surface area contributed by atoms with Gasteiger partial charge in [-0.25, -0.2) is 0 Å². The molecular weight excluding hydrogens is 214 g/mol. The Morgan fingerprint density at radius 2 is 1.71 bits per heavy atom. The van der Waals surface area contributed by atoms with Gasteiger partial charge in [-0.2, -0.15) is 0 Å². The van der Waals surface area contributed by atoms with Crippen molar-refractivity contribution >= 4 is 5.91 Å². The standard InChI is InChI=1S/C13H21N3O/c14-16-15-13(17)12-8-4-7-11(9-12)10-5-2-1-3-6-10/h10-12H,1-9H2. The van der Waals surface area contributed by atoms with Gasteiger partial charge in [-0.15, -0.1) is 0 Å². The van der Waals surface area contributed by atoms with E-state index >= 15 is 0 Å². The highest BCUT2D eigenvalue weighted by Crippen LogP contribution is 2.40. The zero-order valence-electron chi connectivity index (χ0n) is 10.3. The molecule has 0 saturated heterocycles. The molecule has 0 radical (unpaired) electrons. The molecular formula is C13H21N3O. The fraction of sp³-hybridized carbons (Fsp3) is 0.923. The Bertz CT molecular complexity index is 317. The van der Waals surface area contributed by atoms with Gasteiger partial charge in [0.1, 0.15) is 0 Å². The lowest BCUT2D eigenvalue weighted by atomic mass is 9.70. The molecule has 0 aromatic rings. The van der Waals surface area contributed by atoms with E-state index in [1.165, 1.54) is 38.5 Å². The van der Waals surface area contributed by atoms with Gasteiger partial charge in [-0.3, -0.25) is 4.79 Å². The van der Waals surface area contributed by atoms with Gasteiger partial charge in [0.2, 0.25) is 5.91 Å². The van der Waals surface area contributed by atoms with Gasteiger partial charge in [0.05, 0.1) is 0 Å². The van der Waals surface area contributed by atoms with Gasteiger partial charge in [0, 0.05) is 10.8 Å². The summed E-state index contributed by atoms with van der Waals surface area (Å²) in [6, 6.07) is 0. The number of nitrogens with zero attached hydrogens (tertiary/aromatic N) is 3. The summed E-state index contributed by atoms with van der Waals surface area (Å²) in [6.07, 6.45) is 11.0. The lowest BCUT2D eigenvalue weighted by Gasteiger charge is -2.35. The molecule has 2 aliphatic rings. The fourth-order valence-corrected chi connectivity index (χ4v) is 3.61. The maximum absolute atomic E-state index is 11.6. The first kappa shape index (κ1) is 12.4. The van der Waals surface area contributed by atoms with E-state index in [4.69, 9.17) is 5.53 Å². The van der Waals surface area contributed by atoms with Crippen LogP contribution in [0.4, 0.5) is 0 Å². The number of azide groups is 1. The summed E-state index contributed by atoms with van der Waals surface area (Å²) in [5.74, 6) is 1.30. The Balaban J connectivity index is 1.91. The second-order valence-corrected chi connectivity index (χ2v) is 5.55. The van der Waals surface area contributed by atoms with Crippen LogP contribution in [0.15, 0.2) is 5.11 Å². The van der Waals surface area contributed by atoms with Crippen LogP contribution in [0.1, 0.15) is 57.8 Å². The van der Waals surface area contributed by atoms with E-state index in [0.29, 0.717) is 5.92 Å². The van der Waals surface area contributed by atoms with Crippen molar-refractivity contribution in [2.24, 2.45) is 22.9 Å². The van der Waals surface area contributed by atoms with Crippen molar-refractivity contribution < 1.29 is 4.79 Å². The zero-order valence-corrected chi connectivity index (χ0v) is 10.3. The molecule has 4 nitrogen and oxygen atoms in total. The molecule has 0 heterocycles. The highest BCUT2D eigenvalue weighted by Gasteiger charge is 2.31. The smallest absolute Gasteiger partial charge is 0.222 e. The maximum atomic E-state index is 11.6. The molecule has 2 fully saturated rings. The van der Waals surface area contributed by atoms with E-state index in [9.17, 15) is 4.79 Å². The van der Waals surface area contributed by atoms with Crippen LogP contribution < -0.4 is 0 Å². The van der Waals surface area contributed by atoms with Crippen molar-refractivity contribution in [3.8, 4) is 0 Å². The monoisotopic (exact) mass is 235 g/mol. The summed E-state index contributed by atoms with van der Waals surface area (Å²) in [6.45, 7) is 0. The predicted molar refractivity (Wildman–Crippen MR) is 66.2 cm³/mol. The number of hydrogen-bond acceptors (Lipinski definition) is 1. The van der Waals surface area contributed by atoms with Crippen LogP contribution in [0.5, 0.6) is 0 Å². The van der Waals surface area contributed by atoms with Gasteiger partial charge in [0.25, 0.3) is 0 Å². The lowest BCUT2D eigenvalue weighted by molar-refractivity contribution is -0.123. The molecule has 0 aromatic heterocycles. The molecule has 1 amide bonds. The fourth-order valence-electron chi connectivity index (χ4n) is 3.61. The SMILES string of the molecule is [N-]=[N+]=NC(=O)C1CCCC(C2CCCCC2)C1. The average molecular weight is 235 g/mol. The summed E-state index contributed by atoms with van der Waals surface area (Å²) < 4.78 is 0. The average Bonchev–Trinajstić information content (AvgIpc) is 2.40. The number of carbonyl (C=O) groups excluding carboxylic acids is 1. The van der Waals surface area contributed by atoms with Crippen LogP contribution >= 0.6 is 0 Å². The molecule has 4 heteroatoms. The summed E-state index contributed by atoms with van der Waals surface area (Å²) in [7, 11) is 0. The summed E-state index contributed by atoms with van der Waals surface area (Å²) in [5, 5.41) is 3.27. The van der Waals surface area contributed by atoms with Crippen molar-refractivity contribution in [2.45, 2.75) is 57.8 Å². The highest BCUT2D eigenvalue weighted by atomic mass is 16.1. The molecule has 94 valence electrons. The van der Waals surface area contributed by atoms with Crippen molar-refractivity contribution in [1.82, 2.24) is 0 Å². The molecule has 0 bridgehead atoms. The van der Waals surface area contributed by atoms with Gasteiger partial charge in [-0.1, -0.05) is 44.9 Å². The van der Waals surface area contributed by atoms with Gasteiger partial charge in [-0.05, 0) is 35.3 Å². The van der Waals surface area contributed by atoms with Crippen molar-refractivity contribution in [3.05, 3.63) is 10.4 Å². The first-order valence-electron chi connectivity index (χ1n) is 6.90. The number of hydrogen-bond donors (Lipinski definition) is 0. The largest absolute Gasteiger partial charge is 0.292 e. The molecule has 17 heavy (non-hydrogen) atoms. The van der Waals surface area contributed by atoms with E-state index in [0.717, 1.165) is 25.2 Å². The van der Waals surface area contributed by atoms with Crippen molar-refractivity contribution in [1.29, 1.82) is 0 Å². The second-order valence-electron chi connectivity index (χ2n) is 5.55. The minimum absolute atomic E-state index is 0.00609. The van der Waals surface area contributed by atoms with Crippen LogP contribution in [-0.2, 0) is 4.79 Å². The third kappa shape index (κ3) is 3.22. The highest BCUT2D eigenvalue weighted by molar-refractivity contribution is 5.79. The lowest BCUT2D eigenvalue weighted by Crippen LogP contribution is -2.27. The van der Waals surface area contributed by atoms with Crippen LogP contribution in [0.2, 0.25) is 0 Å². The molecule has 0 aliphatic heterocycles. The molecule has 0 spiro atoms. The van der Waals surface area contributed by atoms with Crippen LogP contribution in [0, 0.1) is 17.8 Å². The van der Waals surface area contributed by atoms with E-state index in [2.05, 4.69) is 10.0 Å². The van der Waals surface area contributed by atoms with Crippen molar-refractivity contribution in [3.63, 3.8) is 0 Å². The normalized spacial score (nSPS) is 30.6. The molecule has 2 saturated carbocycles. The first-order valence-corrected chi connectivity index (χ1v) is 6.90. The van der Waals surface area contributed by atoms with E-state index in [1.807, 2.05) is 0 Å². The Hall–Kier alpha value is -1.02. The molecule has 2 rings (SSSR count). The minimum Gasteiger partial charge on any atom is -0.292 e. The van der Waals surface area contributed by atoms with Gasteiger partial charge < -0.3 is 0 Å². The van der Waals surface area contributed by atoms with Gasteiger partial charge >= 0.3 is 0 Å². The first-order chi connectivity index (χ1) is 8.31. The second kappa shape index (κ2) is 6.06. The Morgan fingerprint density at radius 3 is 2.41 bits per heavy atom. The maximum Gasteiger partial charge on any atom is 0.222 e. The van der Waals surface area contributed by atoms with E-state index in [1.54, 1.807) is 0 Å². The molecule has 0 aromatic carbocycles. The van der Waals surface area contributed by atoms with Crippen LogP contribution in [-0.4, -0.2) is 5.91 Å². The Labute approximate surface area is 102 Å². The minimum atomic E-state index is -0.229. The predicted octanol–water partition coefficient (Wildman–Crippen LogP) is 4.21. The van der Waals surface area contributed by atoms with Crippen molar-refractivity contribution in [2.75, 3.05) is 0 Å². The van der Waals surface area contributed by atoms with Crippen LogP contribution in [0.3, 0.4) is 0 Å². The number of carbonyl (C=O) groups is 1. The van der Waals surface area contributed by atoms with Gasteiger partial charge in [0.15, 0.2) is 0 Å². The molecule has 2 aliphatic carbocycles. The summed E-state index contributed by atoms with van der Waals surface area (Å²) in [5.41, 5.74) is 8.32.